The van der Waals surface area contributed by atoms with Gasteiger partial charge in [-0.15, -0.1) is 0 Å². The molecule has 9 nitrogen and oxygen atoms in total. The molecule has 0 aromatic heterocycles. The zero-order valence-electron chi connectivity index (χ0n) is 27.3. The molecule has 2 amide bonds. The average Bonchev–Trinajstić information content (AvgIpc) is 3.96. The van der Waals surface area contributed by atoms with E-state index in [1.165, 1.54) is 9.80 Å². The second-order valence-electron chi connectivity index (χ2n) is 13.0. The van der Waals surface area contributed by atoms with Crippen molar-refractivity contribution in [3.05, 3.63) is 156 Å². The van der Waals surface area contributed by atoms with E-state index in [0.717, 1.165) is 0 Å². The van der Waals surface area contributed by atoms with E-state index in [1.54, 1.807) is 48.5 Å². The second kappa shape index (κ2) is 12.8. The number of carbonyl (C=O) groups excluding carboxylic acids is 2. The molecule has 252 valence electrons. The van der Waals surface area contributed by atoms with E-state index >= 15 is 0 Å². The lowest BCUT2D eigenvalue weighted by atomic mass is 9.95. The Kier molecular flexibility index (Phi) is 7.95. The Morgan fingerprint density at radius 3 is 1.10 bits per heavy atom. The van der Waals surface area contributed by atoms with Gasteiger partial charge in [0.15, 0.2) is 0 Å². The van der Waals surface area contributed by atoms with Gasteiger partial charge in [0.1, 0.15) is 11.5 Å². The summed E-state index contributed by atoms with van der Waals surface area (Å²) in [5.41, 5.74) is 3.29. The molecule has 4 bridgehead atoms. The van der Waals surface area contributed by atoms with Crippen LogP contribution in [0.1, 0.15) is 12.8 Å². The van der Waals surface area contributed by atoms with E-state index in [2.05, 4.69) is 0 Å². The first-order valence-corrected chi connectivity index (χ1v) is 16.8. The first-order chi connectivity index (χ1) is 24.8. The molecule has 9 heteroatoms. The topological polar surface area (TPSA) is 124 Å². The molecule has 4 aromatic rings. The van der Waals surface area contributed by atoms with E-state index in [1.807, 2.05) is 85.0 Å². The van der Waals surface area contributed by atoms with Gasteiger partial charge in [-0.25, -0.2) is 9.59 Å². The monoisotopic (exact) mass is 676 g/mol. The zero-order valence-corrected chi connectivity index (χ0v) is 27.3. The van der Waals surface area contributed by atoms with Crippen LogP contribution in [0.2, 0.25) is 0 Å². The van der Waals surface area contributed by atoms with Gasteiger partial charge in [-0.1, -0.05) is 60.7 Å². The van der Waals surface area contributed by atoms with E-state index in [0.29, 0.717) is 58.2 Å². The van der Waals surface area contributed by atoms with Crippen molar-refractivity contribution in [3.8, 4) is 11.5 Å². The molecule has 4 unspecified atom stereocenters. The maximum atomic E-state index is 14.1. The number of amides is 2. The number of nitrogens with zero attached hydrogens (tertiary/aromatic N) is 2. The number of aliphatic carboxylic acids is 2. The van der Waals surface area contributed by atoms with Crippen LogP contribution in [0.25, 0.3) is 0 Å². The molecule has 0 radical (unpaired) electrons. The molecule has 51 heavy (non-hydrogen) atoms. The van der Waals surface area contributed by atoms with Crippen LogP contribution in [0, 0.1) is 23.7 Å². The summed E-state index contributed by atoms with van der Waals surface area (Å²) in [4.78, 5) is 55.7. The predicted molar refractivity (Wildman–Crippen MR) is 191 cm³/mol. The van der Waals surface area contributed by atoms with Crippen molar-refractivity contribution in [1.29, 1.82) is 0 Å². The van der Waals surface area contributed by atoms with E-state index in [9.17, 15) is 29.4 Å². The smallest absolute Gasteiger partial charge is 0.332 e. The quantitative estimate of drug-likeness (QED) is 0.163. The molecule has 8 rings (SSSR count). The third kappa shape index (κ3) is 5.62. The highest BCUT2D eigenvalue weighted by Gasteiger charge is 2.44. The number of carboxylic acids is 2. The lowest BCUT2D eigenvalue weighted by Gasteiger charge is -2.26. The van der Waals surface area contributed by atoms with Gasteiger partial charge in [-0.3, -0.25) is 19.4 Å². The fourth-order valence-electron chi connectivity index (χ4n) is 7.77. The van der Waals surface area contributed by atoms with Crippen molar-refractivity contribution >= 4 is 46.5 Å². The van der Waals surface area contributed by atoms with Gasteiger partial charge in [0, 0.05) is 57.6 Å². The number of rotatable bonds is 10. The molecule has 0 spiro atoms. The van der Waals surface area contributed by atoms with Crippen LogP contribution in [0.15, 0.2) is 156 Å². The van der Waals surface area contributed by atoms with Gasteiger partial charge in [-0.05, 0) is 85.6 Å². The van der Waals surface area contributed by atoms with Crippen molar-refractivity contribution in [2.75, 3.05) is 9.80 Å². The van der Waals surface area contributed by atoms with E-state index < -0.39 is 11.9 Å². The first-order valence-electron chi connectivity index (χ1n) is 16.8. The molecule has 0 saturated carbocycles. The lowest BCUT2D eigenvalue weighted by molar-refractivity contribution is -0.134. The molecule has 4 aliphatic carbocycles. The molecule has 4 atom stereocenters. The summed E-state index contributed by atoms with van der Waals surface area (Å²) in [5, 5.41) is 19.9. The standard InChI is InChI=1S/C42H32N2O7/c45-39(35-25-11-13-27(23-25)37(35)41(47)48)43(29-7-3-1-4-8-29)31-15-19-33(20-16-31)51-34-21-17-32(18-22-34)44(30-9-5-2-6-10-30)40(46)36-26-12-14-28(24-26)38(36)42(49)50/h1-22,25-28H,23-24H2,(H,47,48)(H,49,50). The van der Waals surface area contributed by atoms with Gasteiger partial charge in [0.2, 0.25) is 0 Å². The second-order valence-corrected chi connectivity index (χ2v) is 13.0. The van der Waals surface area contributed by atoms with Gasteiger partial charge in [0.05, 0.1) is 11.1 Å². The minimum Gasteiger partial charge on any atom is -0.478 e. The molecule has 2 N–H and O–H groups in total. The molecule has 0 heterocycles. The highest BCUT2D eigenvalue weighted by molar-refractivity contribution is 6.16. The summed E-state index contributed by atoms with van der Waals surface area (Å²) >= 11 is 0. The fraction of sp³-hybridized carbons (Fsp3) is 0.143. The van der Waals surface area contributed by atoms with Crippen LogP contribution in [0.3, 0.4) is 0 Å². The van der Waals surface area contributed by atoms with Crippen molar-refractivity contribution in [3.63, 3.8) is 0 Å². The third-order valence-corrected chi connectivity index (χ3v) is 10.0. The van der Waals surface area contributed by atoms with Gasteiger partial charge in [0.25, 0.3) is 11.8 Å². The molecule has 0 fully saturated rings. The Morgan fingerprint density at radius 2 is 0.765 bits per heavy atom. The summed E-state index contributed by atoms with van der Waals surface area (Å²) in [6, 6.07) is 32.2. The number of allylic oxidation sites excluding steroid dienone is 4. The minimum absolute atomic E-state index is 0.163. The maximum Gasteiger partial charge on any atom is 0.332 e. The number of benzene rings is 4. The molecule has 4 aliphatic rings. The van der Waals surface area contributed by atoms with Crippen molar-refractivity contribution < 1.29 is 34.1 Å². The van der Waals surface area contributed by atoms with Crippen LogP contribution < -0.4 is 14.5 Å². The lowest BCUT2D eigenvalue weighted by Crippen LogP contribution is -2.30. The van der Waals surface area contributed by atoms with Crippen LogP contribution in [0.4, 0.5) is 22.7 Å². The van der Waals surface area contributed by atoms with E-state index in [4.69, 9.17) is 4.74 Å². The van der Waals surface area contributed by atoms with Crippen molar-refractivity contribution in [2.24, 2.45) is 23.7 Å². The average molecular weight is 677 g/mol. The van der Waals surface area contributed by atoms with Crippen LogP contribution in [0.5, 0.6) is 11.5 Å². The summed E-state index contributed by atoms with van der Waals surface area (Å²) in [6.07, 6.45) is 8.77. The maximum absolute atomic E-state index is 14.1. The zero-order chi connectivity index (χ0) is 35.2. The van der Waals surface area contributed by atoms with Gasteiger partial charge >= 0.3 is 11.9 Å². The fourth-order valence-corrected chi connectivity index (χ4v) is 7.77. The van der Waals surface area contributed by atoms with Crippen LogP contribution in [-0.2, 0) is 19.2 Å². The normalized spacial score (nSPS) is 20.9. The van der Waals surface area contributed by atoms with Crippen molar-refractivity contribution in [2.45, 2.75) is 12.8 Å². The predicted octanol–water partition coefficient (Wildman–Crippen LogP) is 7.98. The van der Waals surface area contributed by atoms with Crippen LogP contribution >= 0.6 is 0 Å². The minimum atomic E-state index is -1.07. The summed E-state index contributed by atoms with van der Waals surface area (Å²) in [6.45, 7) is 0. The number of fused-ring (bicyclic) bond motifs is 4. The number of hydrogen-bond donors (Lipinski definition) is 2. The number of carboxylic acid groups (broad SMARTS) is 2. The van der Waals surface area contributed by atoms with E-state index in [-0.39, 0.29) is 46.6 Å². The highest BCUT2D eigenvalue weighted by atomic mass is 16.5. The number of anilines is 4. The number of ether oxygens (including phenoxy) is 1. The summed E-state index contributed by atoms with van der Waals surface area (Å²) in [7, 11) is 0. The number of carbonyl (C=O) groups is 4. The van der Waals surface area contributed by atoms with Crippen LogP contribution in [-0.4, -0.2) is 34.0 Å². The SMILES string of the molecule is O=C(O)C1=C(C(=O)N(c2ccccc2)c2ccc(Oc3ccc(N(C(=O)C4=C(C(=O)O)C5C=CC4C5)c4ccccc4)cc3)cc2)C2C=CC1C2. The van der Waals surface area contributed by atoms with Gasteiger partial charge < -0.3 is 14.9 Å². The first kappa shape index (κ1) is 31.8. The Labute approximate surface area is 293 Å². The molecule has 4 aromatic carbocycles. The van der Waals surface area contributed by atoms with Crippen molar-refractivity contribution in [1.82, 2.24) is 0 Å². The number of para-hydroxylation sites is 2. The Hall–Kier alpha value is -6.48. The largest absolute Gasteiger partial charge is 0.478 e. The molecular formula is C42H32N2O7. The molecule has 0 saturated heterocycles. The third-order valence-electron chi connectivity index (χ3n) is 10.0. The summed E-state index contributed by atoms with van der Waals surface area (Å²) < 4.78 is 6.16. The molecule has 0 aliphatic heterocycles. The summed E-state index contributed by atoms with van der Waals surface area (Å²) in [5.74, 6) is -2.88. The highest BCUT2D eigenvalue weighted by Crippen LogP contribution is 2.47. The Morgan fingerprint density at radius 1 is 0.451 bits per heavy atom. The van der Waals surface area contributed by atoms with Gasteiger partial charge in [-0.2, -0.15) is 0 Å². The number of hydrogen-bond acceptors (Lipinski definition) is 5. The Bertz CT molecular complexity index is 2030. The molecular weight excluding hydrogens is 644 g/mol. The Balaban J connectivity index is 1.06.